The third kappa shape index (κ3) is 1.71. The topological polar surface area (TPSA) is 60.5 Å². The lowest BCUT2D eigenvalue weighted by Crippen LogP contribution is -1.86. The fourth-order valence-corrected chi connectivity index (χ4v) is 1.83. The summed E-state index contributed by atoms with van der Waals surface area (Å²) in [6.45, 7) is 0. The zero-order chi connectivity index (χ0) is 10.7. The average Bonchev–Trinajstić information content (AvgIpc) is 2.81. The van der Waals surface area contributed by atoms with E-state index in [1.165, 1.54) is 11.3 Å². The molecule has 4 heteroatoms. The highest BCUT2D eigenvalue weighted by atomic mass is 32.1. The Morgan fingerprint density at radius 2 is 2.07 bits per heavy atom. The van der Waals surface area contributed by atoms with Gasteiger partial charge in [-0.3, -0.25) is 0 Å². The van der Waals surface area contributed by atoms with E-state index in [1.54, 1.807) is 23.7 Å². The van der Waals surface area contributed by atoms with Crippen molar-refractivity contribution in [2.75, 3.05) is 0 Å². The maximum Gasteiger partial charge on any atom is 0.0999 e. The Labute approximate surface area is 90.9 Å². The molecule has 0 fully saturated rings. The maximum absolute atomic E-state index is 8.95. The number of nitriles is 2. The predicted molar refractivity (Wildman–Crippen MR) is 57.0 cm³/mol. The van der Waals surface area contributed by atoms with Crippen molar-refractivity contribution in [3.05, 3.63) is 40.2 Å². The van der Waals surface area contributed by atoms with Crippen LogP contribution in [-0.4, -0.2) is 4.98 Å². The highest BCUT2D eigenvalue weighted by molar-refractivity contribution is 7.07. The van der Waals surface area contributed by atoms with Crippen LogP contribution < -0.4 is 0 Å². The van der Waals surface area contributed by atoms with Crippen LogP contribution in [0.1, 0.15) is 11.1 Å². The van der Waals surface area contributed by atoms with Crippen LogP contribution in [0.5, 0.6) is 0 Å². The van der Waals surface area contributed by atoms with E-state index in [0.29, 0.717) is 11.1 Å². The van der Waals surface area contributed by atoms with E-state index in [2.05, 4.69) is 11.1 Å². The lowest BCUT2D eigenvalue weighted by Gasteiger charge is -1.99. The molecule has 0 spiro atoms. The van der Waals surface area contributed by atoms with Crippen molar-refractivity contribution >= 4 is 11.3 Å². The van der Waals surface area contributed by atoms with Crippen molar-refractivity contribution in [1.29, 1.82) is 10.5 Å². The summed E-state index contributed by atoms with van der Waals surface area (Å²) in [5.41, 5.74) is 4.25. The Morgan fingerprint density at radius 1 is 1.20 bits per heavy atom. The van der Waals surface area contributed by atoms with Crippen LogP contribution in [-0.2, 0) is 0 Å². The fourth-order valence-electron chi connectivity index (χ4n) is 1.28. The van der Waals surface area contributed by atoms with Gasteiger partial charge in [0.05, 0.1) is 34.5 Å². The van der Waals surface area contributed by atoms with E-state index in [9.17, 15) is 0 Å². The monoisotopic (exact) mass is 211 g/mol. The highest BCUT2D eigenvalue weighted by Crippen LogP contribution is 2.23. The molecule has 15 heavy (non-hydrogen) atoms. The molecule has 0 radical (unpaired) electrons. The lowest BCUT2D eigenvalue weighted by atomic mass is 10.0. The molecular weight excluding hydrogens is 206 g/mol. The molecule has 0 aliphatic rings. The van der Waals surface area contributed by atoms with Crippen molar-refractivity contribution in [3.8, 4) is 23.4 Å². The van der Waals surface area contributed by atoms with Gasteiger partial charge in [-0.2, -0.15) is 10.5 Å². The van der Waals surface area contributed by atoms with Crippen LogP contribution in [0.4, 0.5) is 0 Å². The number of hydrogen-bond donors (Lipinski definition) is 0. The van der Waals surface area contributed by atoms with Crippen molar-refractivity contribution < 1.29 is 0 Å². The molecule has 1 aromatic carbocycles. The molecule has 0 aliphatic heterocycles. The highest BCUT2D eigenvalue weighted by Gasteiger charge is 2.07. The molecule has 2 aromatic rings. The van der Waals surface area contributed by atoms with Crippen LogP contribution in [0, 0.1) is 22.7 Å². The number of aromatic nitrogens is 1. The molecule has 1 aromatic heterocycles. The Balaban J connectivity index is 2.60. The molecule has 70 valence electrons. The molecule has 0 atom stereocenters. The van der Waals surface area contributed by atoms with E-state index in [-0.39, 0.29) is 0 Å². The summed E-state index contributed by atoms with van der Waals surface area (Å²) in [4.78, 5) is 4.14. The Hall–Kier alpha value is -2.17. The van der Waals surface area contributed by atoms with Crippen molar-refractivity contribution in [1.82, 2.24) is 4.98 Å². The van der Waals surface area contributed by atoms with Gasteiger partial charge in [0.25, 0.3) is 0 Å². The van der Waals surface area contributed by atoms with Gasteiger partial charge in [-0.15, -0.1) is 11.3 Å². The van der Waals surface area contributed by atoms with E-state index < -0.39 is 0 Å². The second kappa shape index (κ2) is 3.91. The summed E-state index contributed by atoms with van der Waals surface area (Å²) in [6, 6.07) is 9.10. The first-order chi connectivity index (χ1) is 7.35. The lowest BCUT2D eigenvalue weighted by molar-refractivity contribution is 1.38. The number of nitrogens with zero attached hydrogens (tertiary/aromatic N) is 3. The molecule has 2 rings (SSSR count). The Morgan fingerprint density at radius 3 is 2.67 bits per heavy atom. The van der Waals surface area contributed by atoms with Crippen LogP contribution >= 0.6 is 11.3 Å². The van der Waals surface area contributed by atoms with E-state index in [1.807, 2.05) is 11.4 Å². The van der Waals surface area contributed by atoms with Crippen molar-refractivity contribution in [2.24, 2.45) is 0 Å². The third-order valence-electron chi connectivity index (χ3n) is 1.98. The van der Waals surface area contributed by atoms with Crippen LogP contribution in [0.25, 0.3) is 11.3 Å². The van der Waals surface area contributed by atoms with E-state index in [0.717, 1.165) is 11.3 Å². The maximum atomic E-state index is 8.95. The number of hydrogen-bond acceptors (Lipinski definition) is 4. The van der Waals surface area contributed by atoms with Gasteiger partial charge in [-0.05, 0) is 12.1 Å². The van der Waals surface area contributed by atoms with Crippen LogP contribution in [0.2, 0.25) is 0 Å². The Kier molecular flexibility index (Phi) is 2.45. The molecule has 1 heterocycles. The SMILES string of the molecule is N#Cc1ccc(-c2cscn2)c(C#N)c1. The van der Waals surface area contributed by atoms with Gasteiger partial charge in [0, 0.05) is 10.9 Å². The second-order valence-corrected chi connectivity index (χ2v) is 3.58. The fraction of sp³-hybridized carbons (Fsp3) is 0. The number of benzene rings is 1. The summed E-state index contributed by atoms with van der Waals surface area (Å²) in [5, 5.41) is 19.5. The smallest absolute Gasteiger partial charge is 0.0999 e. The molecule has 3 nitrogen and oxygen atoms in total. The third-order valence-corrected chi connectivity index (χ3v) is 2.56. The summed E-state index contributed by atoms with van der Waals surface area (Å²) in [7, 11) is 0. The standard InChI is InChI=1S/C11H5N3S/c12-4-8-1-2-10(9(3-8)5-13)11-6-15-7-14-11/h1-3,6-7H. The minimum Gasteiger partial charge on any atom is -0.245 e. The molecule has 0 bridgehead atoms. The normalized spacial score (nSPS) is 9.20. The molecule has 0 amide bonds. The van der Waals surface area contributed by atoms with Crippen LogP contribution in [0.15, 0.2) is 29.1 Å². The average molecular weight is 211 g/mol. The first-order valence-corrected chi connectivity index (χ1v) is 5.12. The van der Waals surface area contributed by atoms with Gasteiger partial charge in [-0.25, -0.2) is 4.98 Å². The molecule has 0 aliphatic carbocycles. The summed E-state index contributed by atoms with van der Waals surface area (Å²) in [6.07, 6.45) is 0. The first kappa shape index (κ1) is 9.39. The van der Waals surface area contributed by atoms with E-state index >= 15 is 0 Å². The predicted octanol–water partition coefficient (Wildman–Crippen LogP) is 2.55. The minimum absolute atomic E-state index is 0.486. The van der Waals surface area contributed by atoms with Crippen LogP contribution in [0.3, 0.4) is 0 Å². The molecule has 0 unspecified atom stereocenters. The quantitative estimate of drug-likeness (QED) is 0.728. The minimum atomic E-state index is 0.486. The largest absolute Gasteiger partial charge is 0.245 e. The van der Waals surface area contributed by atoms with Crippen molar-refractivity contribution in [3.63, 3.8) is 0 Å². The number of rotatable bonds is 1. The summed E-state index contributed by atoms with van der Waals surface area (Å²) < 4.78 is 0. The van der Waals surface area contributed by atoms with Crippen molar-refractivity contribution in [2.45, 2.75) is 0 Å². The molecule has 0 saturated heterocycles. The van der Waals surface area contributed by atoms with Gasteiger partial charge in [-0.1, -0.05) is 6.07 Å². The van der Waals surface area contributed by atoms with Gasteiger partial charge < -0.3 is 0 Å². The molecular formula is C11H5N3S. The molecule has 0 saturated carbocycles. The zero-order valence-electron chi connectivity index (χ0n) is 7.64. The summed E-state index contributed by atoms with van der Waals surface area (Å²) in [5.74, 6) is 0. The second-order valence-electron chi connectivity index (χ2n) is 2.86. The zero-order valence-corrected chi connectivity index (χ0v) is 8.45. The molecule has 0 N–H and O–H groups in total. The van der Waals surface area contributed by atoms with Gasteiger partial charge in [0.1, 0.15) is 0 Å². The summed E-state index contributed by atoms with van der Waals surface area (Å²) >= 11 is 1.48. The first-order valence-electron chi connectivity index (χ1n) is 4.18. The van der Waals surface area contributed by atoms with Gasteiger partial charge in [0.2, 0.25) is 0 Å². The Bertz CT molecular complexity index is 559. The van der Waals surface area contributed by atoms with Gasteiger partial charge in [0.15, 0.2) is 0 Å². The number of thiazole rings is 1. The van der Waals surface area contributed by atoms with E-state index in [4.69, 9.17) is 10.5 Å². The van der Waals surface area contributed by atoms with Gasteiger partial charge >= 0.3 is 0 Å².